The average Bonchev–Trinajstić information content (AvgIpc) is 1.95. The summed E-state index contributed by atoms with van der Waals surface area (Å²) in [7, 11) is -3.89. The quantitative estimate of drug-likeness (QED) is 0.368. The van der Waals surface area contributed by atoms with Crippen molar-refractivity contribution in [1.29, 1.82) is 0 Å². The molecule has 0 radical (unpaired) electrons. The lowest BCUT2D eigenvalue weighted by atomic mass is 10.2. The van der Waals surface area contributed by atoms with E-state index in [1.807, 2.05) is 0 Å². The lowest BCUT2D eigenvalue weighted by Gasteiger charge is -2.06. The Kier molecular flexibility index (Phi) is 8.81. The molecule has 0 spiro atoms. The Morgan fingerprint density at radius 2 is 1.93 bits per heavy atom. The maximum absolute atomic E-state index is 10.9. The SMILES string of the molecule is CC(C)C(=O)NCCCS(=O)(=O)O.[MgH2]. The predicted octanol–water partition coefficient (Wildman–Crippen LogP) is -0.880. The van der Waals surface area contributed by atoms with E-state index < -0.39 is 10.1 Å². The third-order valence-electron chi connectivity index (χ3n) is 1.40. The van der Waals surface area contributed by atoms with Crippen LogP contribution in [0.5, 0.6) is 0 Å². The van der Waals surface area contributed by atoms with E-state index in [-0.39, 0.29) is 53.6 Å². The second-order valence-corrected chi connectivity index (χ2v) is 4.66. The summed E-state index contributed by atoms with van der Waals surface area (Å²) < 4.78 is 28.9. The standard InChI is InChI=1S/C7H15NO4S.Mg.2H/c1-6(2)7(9)8-4-3-5-13(10,11)12;;;/h6H,3-5H2,1-2H3,(H,8,9)(H,10,11,12);;;. The van der Waals surface area contributed by atoms with Crippen molar-refractivity contribution in [2.75, 3.05) is 12.3 Å². The highest BCUT2D eigenvalue weighted by molar-refractivity contribution is 7.85. The summed E-state index contributed by atoms with van der Waals surface area (Å²) in [5.41, 5.74) is 0. The molecule has 82 valence electrons. The van der Waals surface area contributed by atoms with Crippen LogP contribution in [0.15, 0.2) is 0 Å². The van der Waals surface area contributed by atoms with Crippen molar-refractivity contribution in [3.05, 3.63) is 0 Å². The molecule has 0 saturated heterocycles. The van der Waals surface area contributed by atoms with Crippen molar-refractivity contribution in [3.8, 4) is 0 Å². The number of nitrogens with one attached hydrogen (secondary N) is 1. The van der Waals surface area contributed by atoms with Crippen LogP contribution in [0.2, 0.25) is 0 Å². The molecule has 5 nitrogen and oxygen atoms in total. The zero-order chi connectivity index (χ0) is 10.5. The minimum atomic E-state index is -3.89. The van der Waals surface area contributed by atoms with E-state index in [9.17, 15) is 13.2 Å². The third kappa shape index (κ3) is 10.2. The van der Waals surface area contributed by atoms with E-state index in [1.54, 1.807) is 13.8 Å². The molecule has 14 heavy (non-hydrogen) atoms. The maximum atomic E-state index is 10.9. The molecule has 0 atom stereocenters. The van der Waals surface area contributed by atoms with Crippen molar-refractivity contribution >= 4 is 39.1 Å². The van der Waals surface area contributed by atoms with Gasteiger partial charge in [-0.3, -0.25) is 9.35 Å². The number of hydrogen-bond donors (Lipinski definition) is 2. The molecule has 0 aromatic heterocycles. The van der Waals surface area contributed by atoms with E-state index in [4.69, 9.17) is 4.55 Å². The van der Waals surface area contributed by atoms with Crippen molar-refractivity contribution in [2.45, 2.75) is 20.3 Å². The van der Waals surface area contributed by atoms with Gasteiger partial charge >= 0.3 is 23.1 Å². The van der Waals surface area contributed by atoms with Gasteiger partial charge in [-0.1, -0.05) is 13.8 Å². The first-order valence-corrected chi connectivity index (χ1v) is 5.66. The second kappa shape index (κ2) is 7.44. The Hall–Kier alpha value is 0.146. The highest BCUT2D eigenvalue weighted by atomic mass is 32.2. The number of carbonyl (C=O) groups is 1. The van der Waals surface area contributed by atoms with Gasteiger partial charge in [0.15, 0.2) is 0 Å². The Morgan fingerprint density at radius 1 is 1.43 bits per heavy atom. The number of hydrogen-bond acceptors (Lipinski definition) is 3. The normalized spacial score (nSPS) is 10.9. The van der Waals surface area contributed by atoms with Crippen LogP contribution in [-0.2, 0) is 14.9 Å². The van der Waals surface area contributed by atoms with Crippen LogP contribution in [0.4, 0.5) is 0 Å². The van der Waals surface area contributed by atoms with Crippen molar-refractivity contribution in [1.82, 2.24) is 5.32 Å². The van der Waals surface area contributed by atoms with Crippen LogP contribution >= 0.6 is 0 Å². The largest absolute Gasteiger partial charge is 0.356 e. The number of amides is 1. The summed E-state index contributed by atoms with van der Waals surface area (Å²) in [6.07, 6.45) is 0.233. The molecule has 0 aliphatic rings. The topological polar surface area (TPSA) is 83.5 Å². The molecule has 0 aromatic rings. The van der Waals surface area contributed by atoms with Gasteiger partial charge in [0.05, 0.1) is 5.75 Å². The summed E-state index contributed by atoms with van der Waals surface area (Å²) in [6.45, 7) is 3.77. The van der Waals surface area contributed by atoms with Crippen molar-refractivity contribution < 1.29 is 17.8 Å². The Morgan fingerprint density at radius 3 is 2.29 bits per heavy atom. The first-order chi connectivity index (χ1) is 5.83. The Balaban J connectivity index is 0. The minimum absolute atomic E-state index is 0. The zero-order valence-corrected chi connectivity index (χ0v) is 8.60. The molecule has 0 aliphatic carbocycles. The molecule has 0 aromatic carbocycles. The van der Waals surface area contributed by atoms with Crippen molar-refractivity contribution in [3.63, 3.8) is 0 Å². The van der Waals surface area contributed by atoms with Crippen LogP contribution in [0, 0.1) is 5.92 Å². The third-order valence-corrected chi connectivity index (χ3v) is 2.21. The van der Waals surface area contributed by atoms with E-state index in [0.29, 0.717) is 0 Å². The fourth-order valence-electron chi connectivity index (χ4n) is 0.670. The lowest BCUT2D eigenvalue weighted by molar-refractivity contribution is -0.123. The molecule has 0 fully saturated rings. The molecule has 0 saturated carbocycles. The zero-order valence-electron chi connectivity index (χ0n) is 7.78. The summed E-state index contributed by atoms with van der Waals surface area (Å²) >= 11 is 0. The van der Waals surface area contributed by atoms with Gasteiger partial charge in [-0.2, -0.15) is 8.42 Å². The average molecular weight is 236 g/mol. The summed E-state index contributed by atoms with van der Waals surface area (Å²) in [6, 6.07) is 0. The molecule has 1 amide bonds. The first-order valence-electron chi connectivity index (χ1n) is 4.06. The fourth-order valence-corrected chi connectivity index (χ4v) is 1.18. The molecule has 0 aliphatic heterocycles. The molecule has 0 rings (SSSR count). The lowest BCUT2D eigenvalue weighted by Crippen LogP contribution is -2.29. The monoisotopic (exact) mass is 235 g/mol. The number of carbonyl (C=O) groups excluding carboxylic acids is 1. The van der Waals surface area contributed by atoms with Gasteiger partial charge in [0.25, 0.3) is 10.1 Å². The van der Waals surface area contributed by atoms with E-state index in [0.717, 1.165) is 0 Å². The van der Waals surface area contributed by atoms with Crippen LogP contribution in [0.1, 0.15) is 20.3 Å². The number of rotatable bonds is 5. The van der Waals surface area contributed by atoms with Gasteiger partial charge in [-0.05, 0) is 6.42 Å². The Bertz CT molecular complexity index is 263. The molecule has 0 heterocycles. The molecule has 2 N–H and O–H groups in total. The maximum Gasteiger partial charge on any atom is 0.316 e. The highest BCUT2D eigenvalue weighted by Gasteiger charge is 2.07. The van der Waals surface area contributed by atoms with Gasteiger partial charge < -0.3 is 5.32 Å². The molecule has 0 unspecified atom stereocenters. The van der Waals surface area contributed by atoms with Gasteiger partial charge in [-0.25, -0.2) is 0 Å². The molecule has 7 heteroatoms. The van der Waals surface area contributed by atoms with Gasteiger partial charge in [0.2, 0.25) is 5.91 Å². The van der Waals surface area contributed by atoms with Crippen LogP contribution < -0.4 is 5.32 Å². The van der Waals surface area contributed by atoms with Gasteiger partial charge in [0.1, 0.15) is 0 Å². The molecular formula is C7H17MgNO4S. The van der Waals surface area contributed by atoms with Crippen LogP contribution in [0.3, 0.4) is 0 Å². The smallest absolute Gasteiger partial charge is 0.316 e. The van der Waals surface area contributed by atoms with Gasteiger partial charge in [0, 0.05) is 12.5 Å². The fraction of sp³-hybridized carbons (Fsp3) is 0.857. The molecular weight excluding hydrogens is 218 g/mol. The van der Waals surface area contributed by atoms with Gasteiger partial charge in [-0.15, -0.1) is 0 Å². The van der Waals surface area contributed by atoms with Crippen LogP contribution in [0.25, 0.3) is 0 Å². The predicted molar refractivity (Wildman–Crippen MR) is 57.4 cm³/mol. The Labute approximate surface area is 101 Å². The summed E-state index contributed by atoms with van der Waals surface area (Å²) in [5, 5.41) is 2.54. The molecule has 0 bridgehead atoms. The van der Waals surface area contributed by atoms with E-state index in [1.165, 1.54) is 0 Å². The summed E-state index contributed by atoms with van der Waals surface area (Å²) in [5.74, 6) is -0.535. The highest BCUT2D eigenvalue weighted by Crippen LogP contribution is 1.91. The van der Waals surface area contributed by atoms with E-state index in [2.05, 4.69) is 5.32 Å². The van der Waals surface area contributed by atoms with Crippen molar-refractivity contribution in [2.24, 2.45) is 5.92 Å². The first kappa shape index (κ1) is 16.6. The van der Waals surface area contributed by atoms with E-state index >= 15 is 0 Å². The second-order valence-electron chi connectivity index (χ2n) is 3.09. The minimum Gasteiger partial charge on any atom is -0.356 e. The van der Waals surface area contributed by atoms with Crippen LogP contribution in [-0.4, -0.2) is 54.2 Å². The summed E-state index contributed by atoms with van der Waals surface area (Å²) in [4.78, 5) is 10.9.